The van der Waals surface area contributed by atoms with Gasteiger partial charge in [0.1, 0.15) is 12.1 Å². The third kappa shape index (κ3) is 2.96. The molecule has 0 aliphatic carbocycles. The van der Waals surface area contributed by atoms with Gasteiger partial charge in [0.05, 0.1) is 23.7 Å². The summed E-state index contributed by atoms with van der Waals surface area (Å²) in [4.78, 5) is 23.3. The Morgan fingerprint density at radius 2 is 1.88 bits per heavy atom. The lowest BCUT2D eigenvalue weighted by molar-refractivity contribution is -0.130. The van der Waals surface area contributed by atoms with Gasteiger partial charge in [-0.15, -0.1) is 0 Å². The molecule has 1 aliphatic rings. The lowest BCUT2D eigenvalue weighted by Crippen LogP contribution is -2.30. The molecule has 0 radical (unpaired) electrons. The van der Waals surface area contributed by atoms with E-state index in [-0.39, 0.29) is 12.5 Å². The van der Waals surface area contributed by atoms with Crippen LogP contribution in [0.5, 0.6) is 0 Å². The number of pyridine rings is 1. The highest BCUT2D eigenvalue weighted by Crippen LogP contribution is 2.21. The second kappa shape index (κ2) is 6.36. The minimum absolute atomic E-state index is 0.113. The Bertz CT molecular complexity index is 962. The molecule has 2 aromatic heterocycles. The van der Waals surface area contributed by atoms with E-state index in [1.54, 1.807) is 18.5 Å². The number of hydrogen-bond donors (Lipinski definition) is 0. The van der Waals surface area contributed by atoms with Crippen LogP contribution in [0.2, 0.25) is 0 Å². The van der Waals surface area contributed by atoms with Crippen molar-refractivity contribution in [1.82, 2.24) is 19.4 Å². The van der Waals surface area contributed by atoms with E-state index in [4.69, 9.17) is 5.26 Å². The Kier molecular flexibility index (Phi) is 3.90. The molecule has 6 heteroatoms. The molecule has 0 atom stereocenters. The monoisotopic (exact) mass is 331 g/mol. The van der Waals surface area contributed by atoms with E-state index in [2.05, 4.69) is 16.0 Å². The van der Waals surface area contributed by atoms with Crippen molar-refractivity contribution < 1.29 is 4.79 Å². The quantitative estimate of drug-likeness (QED) is 0.739. The van der Waals surface area contributed by atoms with Gasteiger partial charge in [0, 0.05) is 18.7 Å². The van der Waals surface area contributed by atoms with Gasteiger partial charge in [-0.05, 0) is 37.1 Å². The molecule has 0 N–H and O–H groups in total. The maximum absolute atomic E-state index is 12.4. The number of rotatable bonds is 3. The van der Waals surface area contributed by atoms with Gasteiger partial charge < -0.3 is 9.47 Å². The number of imidazole rings is 1. The zero-order valence-corrected chi connectivity index (χ0v) is 13.7. The maximum Gasteiger partial charge on any atom is 0.242 e. The molecule has 4 rings (SSSR count). The van der Waals surface area contributed by atoms with Gasteiger partial charge in [0.25, 0.3) is 0 Å². The van der Waals surface area contributed by atoms with E-state index in [1.165, 1.54) is 0 Å². The van der Waals surface area contributed by atoms with Crippen LogP contribution in [0, 0.1) is 11.3 Å². The molecule has 25 heavy (non-hydrogen) atoms. The Morgan fingerprint density at radius 1 is 1.12 bits per heavy atom. The first-order valence-corrected chi connectivity index (χ1v) is 8.35. The SMILES string of the molecule is N#Cc1ccc(-c2ccc3ncn(CC(=O)N4CCCC4)c3n2)cc1. The highest BCUT2D eigenvalue weighted by Gasteiger charge is 2.19. The van der Waals surface area contributed by atoms with Crippen molar-refractivity contribution in [2.75, 3.05) is 13.1 Å². The lowest BCUT2D eigenvalue weighted by Gasteiger charge is -2.15. The summed E-state index contributed by atoms with van der Waals surface area (Å²) in [5.41, 5.74) is 3.82. The molecule has 1 saturated heterocycles. The molecular weight excluding hydrogens is 314 g/mol. The van der Waals surface area contributed by atoms with E-state index < -0.39 is 0 Å². The number of fused-ring (bicyclic) bond motifs is 1. The third-order valence-electron chi connectivity index (χ3n) is 4.54. The van der Waals surface area contributed by atoms with Crippen LogP contribution >= 0.6 is 0 Å². The molecule has 0 bridgehead atoms. The first-order chi connectivity index (χ1) is 12.2. The van der Waals surface area contributed by atoms with Crippen LogP contribution in [0.4, 0.5) is 0 Å². The Morgan fingerprint density at radius 3 is 2.60 bits per heavy atom. The summed E-state index contributed by atoms with van der Waals surface area (Å²) in [6.07, 6.45) is 3.84. The fraction of sp³-hybridized carbons (Fsp3) is 0.263. The Hall–Kier alpha value is -3.20. The zero-order chi connectivity index (χ0) is 17.2. The van der Waals surface area contributed by atoms with Gasteiger partial charge in [-0.1, -0.05) is 12.1 Å². The van der Waals surface area contributed by atoms with Crippen molar-refractivity contribution in [3.8, 4) is 17.3 Å². The standard InChI is InChI=1S/C19H17N5O/c20-11-14-3-5-15(6-4-14)16-7-8-17-19(22-16)24(13-21-17)12-18(25)23-9-1-2-10-23/h3-8,13H,1-2,9-10,12H2. The predicted molar refractivity (Wildman–Crippen MR) is 93.5 cm³/mol. The minimum atomic E-state index is 0.113. The highest BCUT2D eigenvalue weighted by molar-refractivity contribution is 5.80. The average molecular weight is 331 g/mol. The molecule has 1 fully saturated rings. The van der Waals surface area contributed by atoms with Gasteiger partial charge in [-0.2, -0.15) is 5.26 Å². The van der Waals surface area contributed by atoms with Crippen LogP contribution in [0.15, 0.2) is 42.7 Å². The smallest absolute Gasteiger partial charge is 0.242 e. The Balaban J connectivity index is 1.65. The molecule has 1 aliphatic heterocycles. The van der Waals surface area contributed by atoms with Crippen molar-refractivity contribution in [1.29, 1.82) is 5.26 Å². The van der Waals surface area contributed by atoms with E-state index >= 15 is 0 Å². The topological polar surface area (TPSA) is 74.8 Å². The Labute approximate surface area is 145 Å². The van der Waals surface area contributed by atoms with Gasteiger partial charge in [0.2, 0.25) is 5.91 Å². The molecule has 0 spiro atoms. The molecule has 3 aromatic rings. The van der Waals surface area contributed by atoms with Crippen LogP contribution in [-0.2, 0) is 11.3 Å². The summed E-state index contributed by atoms with van der Waals surface area (Å²) in [6, 6.07) is 13.2. The lowest BCUT2D eigenvalue weighted by atomic mass is 10.1. The fourth-order valence-electron chi connectivity index (χ4n) is 3.14. The highest BCUT2D eigenvalue weighted by atomic mass is 16.2. The van der Waals surface area contributed by atoms with Crippen molar-refractivity contribution in [3.63, 3.8) is 0 Å². The summed E-state index contributed by atoms with van der Waals surface area (Å²) in [6.45, 7) is 1.95. The van der Waals surface area contributed by atoms with Crippen molar-refractivity contribution >= 4 is 17.1 Å². The number of benzene rings is 1. The maximum atomic E-state index is 12.4. The molecule has 0 unspecified atom stereocenters. The summed E-state index contributed by atoms with van der Waals surface area (Å²) in [7, 11) is 0. The average Bonchev–Trinajstić information content (AvgIpc) is 3.32. The normalized spacial score (nSPS) is 14.0. The van der Waals surface area contributed by atoms with E-state index in [1.807, 2.05) is 33.7 Å². The van der Waals surface area contributed by atoms with Gasteiger partial charge >= 0.3 is 0 Å². The molecule has 1 amide bonds. The molecule has 1 aromatic carbocycles. The second-order valence-corrected chi connectivity index (χ2v) is 6.19. The van der Waals surface area contributed by atoms with Gasteiger partial charge in [0.15, 0.2) is 5.65 Å². The number of nitriles is 1. The van der Waals surface area contributed by atoms with Crippen LogP contribution in [0.25, 0.3) is 22.4 Å². The first kappa shape index (κ1) is 15.3. The summed E-state index contributed by atoms with van der Waals surface area (Å²) in [5.74, 6) is 0.113. The fourth-order valence-corrected chi connectivity index (χ4v) is 3.14. The van der Waals surface area contributed by atoms with Crippen molar-refractivity contribution in [2.45, 2.75) is 19.4 Å². The largest absolute Gasteiger partial charge is 0.341 e. The van der Waals surface area contributed by atoms with E-state index in [9.17, 15) is 4.79 Å². The van der Waals surface area contributed by atoms with Gasteiger partial charge in [-0.25, -0.2) is 9.97 Å². The molecular formula is C19H17N5O. The third-order valence-corrected chi connectivity index (χ3v) is 4.54. The van der Waals surface area contributed by atoms with Crippen LogP contribution < -0.4 is 0 Å². The van der Waals surface area contributed by atoms with Crippen LogP contribution in [0.3, 0.4) is 0 Å². The zero-order valence-electron chi connectivity index (χ0n) is 13.7. The summed E-state index contributed by atoms with van der Waals surface area (Å²) < 4.78 is 1.81. The summed E-state index contributed by atoms with van der Waals surface area (Å²) in [5, 5.41) is 8.91. The molecule has 6 nitrogen and oxygen atoms in total. The predicted octanol–water partition coefficient (Wildman–Crippen LogP) is 2.59. The number of amides is 1. The number of nitrogens with zero attached hydrogens (tertiary/aromatic N) is 5. The number of carbonyl (C=O) groups excluding carboxylic acids is 1. The summed E-state index contributed by atoms with van der Waals surface area (Å²) >= 11 is 0. The van der Waals surface area contributed by atoms with E-state index in [0.29, 0.717) is 11.2 Å². The first-order valence-electron chi connectivity index (χ1n) is 8.35. The minimum Gasteiger partial charge on any atom is -0.341 e. The van der Waals surface area contributed by atoms with Crippen molar-refractivity contribution in [3.05, 3.63) is 48.3 Å². The number of likely N-dealkylation sites (tertiary alicyclic amines) is 1. The molecule has 124 valence electrons. The second-order valence-electron chi connectivity index (χ2n) is 6.19. The molecule has 3 heterocycles. The number of aromatic nitrogens is 3. The molecule has 0 saturated carbocycles. The van der Waals surface area contributed by atoms with Crippen LogP contribution in [-0.4, -0.2) is 38.4 Å². The van der Waals surface area contributed by atoms with Crippen LogP contribution in [0.1, 0.15) is 18.4 Å². The number of carbonyl (C=O) groups is 1. The van der Waals surface area contributed by atoms with Gasteiger partial charge in [-0.3, -0.25) is 4.79 Å². The van der Waals surface area contributed by atoms with E-state index in [0.717, 1.165) is 42.7 Å². The number of hydrogen-bond acceptors (Lipinski definition) is 4. The van der Waals surface area contributed by atoms with Crippen molar-refractivity contribution in [2.24, 2.45) is 0 Å².